The molecule has 6 heteroatoms. The van der Waals surface area contributed by atoms with Crippen LogP contribution in [-0.4, -0.2) is 40.0 Å². The van der Waals surface area contributed by atoms with Crippen molar-refractivity contribution in [1.29, 1.82) is 0 Å². The number of hydrogen-bond acceptors (Lipinski definition) is 4. The van der Waals surface area contributed by atoms with Crippen molar-refractivity contribution in [3.05, 3.63) is 22.4 Å². The van der Waals surface area contributed by atoms with Crippen LogP contribution in [0.4, 0.5) is 0 Å². The zero-order valence-electron chi connectivity index (χ0n) is 15.1. The number of amides is 2. The molecule has 0 aliphatic carbocycles. The predicted molar refractivity (Wildman–Crippen MR) is 95.7 cm³/mol. The predicted octanol–water partition coefficient (Wildman–Crippen LogP) is 2.71. The van der Waals surface area contributed by atoms with E-state index in [1.54, 1.807) is 11.8 Å². The second-order valence-electron chi connectivity index (χ2n) is 8.06. The Balaban J connectivity index is 2.33. The standard InChI is InChI=1S/C18H28N2O3S/c1-12(21)20-9-8-18(5,23)16(15(20)13-7-6-10-24-13)19-14(22)11-17(2,3)4/h6-7,10,15-16,23H,8-9,11H2,1-5H3,(H,19,22). The number of hydrogen-bond donors (Lipinski definition) is 2. The van der Waals surface area contributed by atoms with Crippen LogP contribution in [0.25, 0.3) is 0 Å². The molecule has 134 valence electrons. The summed E-state index contributed by atoms with van der Waals surface area (Å²) >= 11 is 1.54. The van der Waals surface area contributed by atoms with Crippen LogP contribution >= 0.6 is 11.3 Å². The largest absolute Gasteiger partial charge is 0.388 e. The van der Waals surface area contributed by atoms with Gasteiger partial charge in [0.1, 0.15) is 0 Å². The Morgan fingerprint density at radius 1 is 1.46 bits per heavy atom. The number of carbonyl (C=O) groups excluding carboxylic acids is 2. The zero-order valence-corrected chi connectivity index (χ0v) is 15.9. The fourth-order valence-electron chi connectivity index (χ4n) is 3.23. The van der Waals surface area contributed by atoms with E-state index in [-0.39, 0.29) is 23.3 Å². The van der Waals surface area contributed by atoms with Crippen molar-refractivity contribution in [1.82, 2.24) is 10.2 Å². The summed E-state index contributed by atoms with van der Waals surface area (Å²) in [4.78, 5) is 27.3. The number of carbonyl (C=O) groups is 2. The Kier molecular flexibility index (Phi) is 5.40. The second kappa shape index (κ2) is 6.84. The van der Waals surface area contributed by atoms with E-state index in [0.717, 1.165) is 4.88 Å². The molecule has 0 spiro atoms. The molecule has 3 unspecified atom stereocenters. The lowest BCUT2D eigenvalue weighted by Crippen LogP contribution is -2.63. The molecule has 1 aliphatic heterocycles. The highest BCUT2D eigenvalue weighted by Gasteiger charge is 2.47. The summed E-state index contributed by atoms with van der Waals surface area (Å²) in [6.07, 6.45) is 0.811. The van der Waals surface area contributed by atoms with Crippen LogP contribution in [0.3, 0.4) is 0 Å². The summed E-state index contributed by atoms with van der Waals surface area (Å²) in [5.74, 6) is -0.140. The van der Waals surface area contributed by atoms with Gasteiger partial charge in [0.05, 0.1) is 17.7 Å². The highest BCUT2D eigenvalue weighted by molar-refractivity contribution is 7.10. The molecule has 1 aromatic rings. The fraction of sp³-hybridized carbons (Fsp3) is 0.667. The lowest BCUT2D eigenvalue weighted by molar-refractivity contribution is -0.144. The number of rotatable bonds is 3. The fourth-order valence-corrected chi connectivity index (χ4v) is 4.11. The molecule has 1 fully saturated rings. The Labute approximate surface area is 148 Å². The van der Waals surface area contributed by atoms with Crippen LogP contribution < -0.4 is 5.32 Å². The highest BCUT2D eigenvalue weighted by atomic mass is 32.1. The summed E-state index contributed by atoms with van der Waals surface area (Å²) in [6.45, 7) is 9.77. The number of likely N-dealkylation sites (tertiary alicyclic amines) is 1. The molecule has 3 atom stereocenters. The van der Waals surface area contributed by atoms with Gasteiger partial charge in [-0.3, -0.25) is 9.59 Å². The first-order valence-electron chi connectivity index (χ1n) is 8.34. The van der Waals surface area contributed by atoms with Gasteiger partial charge >= 0.3 is 0 Å². The topological polar surface area (TPSA) is 69.6 Å². The van der Waals surface area contributed by atoms with Crippen LogP contribution in [0, 0.1) is 5.41 Å². The molecule has 0 aromatic carbocycles. The molecule has 0 bridgehead atoms. The summed E-state index contributed by atoms with van der Waals surface area (Å²) in [5, 5.41) is 15.9. The first-order valence-corrected chi connectivity index (χ1v) is 9.21. The maximum atomic E-state index is 12.5. The van der Waals surface area contributed by atoms with Crippen molar-refractivity contribution in [3.63, 3.8) is 0 Å². The molecule has 2 heterocycles. The van der Waals surface area contributed by atoms with E-state index >= 15 is 0 Å². The van der Waals surface area contributed by atoms with E-state index in [2.05, 4.69) is 5.32 Å². The minimum Gasteiger partial charge on any atom is -0.388 e. The molecule has 2 rings (SSSR count). The smallest absolute Gasteiger partial charge is 0.220 e. The first-order chi connectivity index (χ1) is 11.0. The monoisotopic (exact) mass is 352 g/mol. The maximum absolute atomic E-state index is 12.5. The SMILES string of the molecule is CC(=O)N1CCC(C)(O)C(NC(=O)CC(C)(C)C)C1c1cccs1. The van der Waals surface area contributed by atoms with Crippen molar-refractivity contribution >= 4 is 23.2 Å². The maximum Gasteiger partial charge on any atom is 0.220 e. The third-order valence-electron chi connectivity index (χ3n) is 4.43. The Morgan fingerprint density at radius 3 is 2.62 bits per heavy atom. The van der Waals surface area contributed by atoms with Crippen molar-refractivity contribution in [2.24, 2.45) is 5.41 Å². The highest BCUT2D eigenvalue weighted by Crippen LogP contribution is 2.39. The van der Waals surface area contributed by atoms with Crippen LogP contribution in [0.2, 0.25) is 0 Å². The van der Waals surface area contributed by atoms with Gasteiger partial charge in [0.15, 0.2) is 0 Å². The minimum absolute atomic E-state index is 0.0426. The lowest BCUT2D eigenvalue weighted by Gasteiger charge is -2.48. The summed E-state index contributed by atoms with van der Waals surface area (Å²) in [7, 11) is 0. The zero-order chi connectivity index (χ0) is 18.1. The van der Waals surface area contributed by atoms with Gasteiger partial charge in [-0.05, 0) is 30.2 Å². The van der Waals surface area contributed by atoms with Crippen LogP contribution in [0.1, 0.15) is 58.4 Å². The summed E-state index contributed by atoms with van der Waals surface area (Å²) < 4.78 is 0. The normalized spacial score (nSPS) is 27.8. The van der Waals surface area contributed by atoms with E-state index in [9.17, 15) is 14.7 Å². The van der Waals surface area contributed by atoms with E-state index in [1.165, 1.54) is 18.3 Å². The first kappa shape index (κ1) is 18.9. The molecular formula is C18H28N2O3S. The van der Waals surface area contributed by atoms with Crippen molar-refractivity contribution in [2.45, 2.75) is 65.1 Å². The van der Waals surface area contributed by atoms with E-state index in [1.807, 2.05) is 38.3 Å². The van der Waals surface area contributed by atoms with E-state index < -0.39 is 11.6 Å². The Hall–Kier alpha value is -1.40. The van der Waals surface area contributed by atoms with Gasteiger partial charge in [0.25, 0.3) is 0 Å². The number of nitrogens with zero attached hydrogens (tertiary/aromatic N) is 1. The third kappa shape index (κ3) is 4.36. The van der Waals surface area contributed by atoms with Crippen LogP contribution in [0.5, 0.6) is 0 Å². The molecule has 2 amide bonds. The third-order valence-corrected chi connectivity index (χ3v) is 5.37. The summed E-state index contributed by atoms with van der Waals surface area (Å²) in [5.41, 5.74) is -1.20. The second-order valence-corrected chi connectivity index (χ2v) is 9.04. The van der Waals surface area contributed by atoms with Crippen molar-refractivity contribution in [3.8, 4) is 0 Å². The number of thiophene rings is 1. The van der Waals surface area contributed by atoms with Gasteiger partial charge < -0.3 is 15.3 Å². The molecule has 1 saturated heterocycles. The Bertz CT molecular complexity index is 590. The van der Waals surface area contributed by atoms with Gasteiger partial charge in [0, 0.05) is 24.8 Å². The Morgan fingerprint density at radius 2 is 2.12 bits per heavy atom. The van der Waals surface area contributed by atoms with E-state index in [0.29, 0.717) is 19.4 Å². The number of piperidine rings is 1. The molecule has 2 N–H and O–H groups in total. The molecule has 1 aromatic heterocycles. The van der Waals surface area contributed by atoms with Gasteiger partial charge in [-0.2, -0.15) is 0 Å². The minimum atomic E-state index is -1.06. The average molecular weight is 353 g/mol. The lowest BCUT2D eigenvalue weighted by atomic mass is 9.81. The van der Waals surface area contributed by atoms with Gasteiger partial charge in [-0.15, -0.1) is 11.3 Å². The average Bonchev–Trinajstić information content (AvgIpc) is 2.91. The molecule has 1 aliphatic rings. The van der Waals surface area contributed by atoms with Crippen molar-refractivity contribution < 1.29 is 14.7 Å². The number of nitrogens with one attached hydrogen (secondary N) is 1. The quantitative estimate of drug-likeness (QED) is 0.879. The van der Waals surface area contributed by atoms with Gasteiger partial charge in [-0.25, -0.2) is 0 Å². The summed E-state index contributed by atoms with van der Waals surface area (Å²) in [6, 6.07) is 3.02. The molecule has 5 nitrogen and oxygen atoms in total. The molecule has 24 heavy (non-hydrogen) atoms. The van der Waals surface area contributed by atoms with Crippen LogP contribution in [-0.2, 0) is 9.59 Å². The van der Waals surface area contributed by atoms with Gasteiger partial charge in [-0.1, -0.05) is 26.8 Å². The number of aliphatic hydroxyl groups is 1. The van der Waals surface area contributed by atoms with Gasteiger partial charge in [0.2, 0.25) is 11.8 Å². The molecule has 0 radical (unpaired) electrons. The van der Waals surface area contributed by atoms with E-state index in [4.69, 9.17) is 0 Å². The molecule has 0 saturated carbocycles. The van der Waals surface area contributed by atoms with Crippen LogP contribution in [0.15, 0.2) is 17.5 Å². The molecular weight excluding hydrogens is 324 g/mol. The van der Waals surface area contributed by atoms with Crippen molar-refractivity contribution in [2.75, 3.05) is 6.54 Å².